The van der Waals surface area contributed by atoms with Crippen LogP contribution in [-0.4, -0.2) is 22.1 Å². The number of carbonyl (C=O) groups excluding carboxylic acids is 1. The molecular weight excluding hydrogens is 327 g/mol. The third kappa shape index (κ3) is 4.22. The van der Waals surface area contributed by atoms with Crippen molar-refractivity contribution in [3.63, 3.8) is 0 Å². The van der Waals surface area contributed by atoms with E-state index < -0.39 is 23.3 Å². The zero-order valence-electron chi connectivity index (χ0n) is 12.4. The molecule has 0 radical (unpaired) electrons. The summed E-state index contributed by atoms with van der Waals surface area (Å²) in [4.78, 5) is 19.4. The molecule has 0 aliphatic rings. The van der Waals surface area contributed by atoms with E-state index in [9.17, 15) is 18.0 Å². The second-order valence-corrected chi connectivity index (χ2v) is 5.40. The van der Waals surface area contributed by atoms with Crippen molar-refractivity contribution in [3.05, 3.63) is 47.3 Å². The lowest BCUT2D eigenvalue weighted by Crippen LogP contribution is -2.21. The van der Waals surface area contributed by atoms with Gasteiger partial charge < -0.3 is 5.32 Å². The first kappa shape index (κ1) is 17.3. The summed E-state index contributed by atoms with van der Waals surface area (Å²) >= 11 is 0.974. The number of benzene rings is 1. The summed E-state index contributed by atoms with van der Waals surface area (Å²) in [6, 6.07) is 6.92. The molecule has 4 nitrogen and oxygen atoms in total. The molecule has 2 rings (SSSR count). The quantitative estimate of drug-likeness (QED) is 0.674. The summed E-state index contributed by atoms with van der Waals surface area (Å²) in [5, 5.41) is 2.42. The van der Waals surface area contributed by atoms with E-state index in [1.165, 1.54) is 0 Å². The molecule has 1 N–H and O–H groups in total. The molecule has 8 heteroatoms. The van der Waals surface area contributed by atoms with Gasteiger partial charge in [0, 0.05) is 11.9 Å². The van der Waals surface area contributed by atoms with E-state index in [-0.39, 0.29) is 5.16 Å². The molecule has 1 amide bonds. The highest BCUT2D eigenvalue weighted by Gasteiger charge is 2.38. The van der Waals surface area contributed by atoms with E-state index >= 15 is 0 Å². The number of nitrogens with zero attached hydrogens (tertiary/aromatic N) is 2. The van der Waals surface area contributed by atoms with Crippen molar-refractivity contribution in [1.82, 2.24) is 9.97 Å². The number of hydrogen-bond acceptors (Lipinski definition) is 4. The SMILES string of the molecule is CCc1cccc(NC(=O)c2cnc(SC)nc2C(F)(F)F)c1. The Morgan fingerprint density at radius 2 is 2.09 bits per heavy atom. The number of aryl methyl sites for hydroxylation is 1. The third-order valence-electron chi connectivity index (χ3n) is 3.06. The van der Waals surface area contributed by atoms with Crippen molar-refractivity contribution in [2.75, 3.05) is 11.6 Å². The number of anilines is 1. The van der Waals surface area contributed by atoms with Crippen LogP contribution in [0.25, 0.3) is 0 Å². The highest BCUT2D eigenvalue weighted by molar-refractivity contribution is 7.98. The van der Waals surface area contributed by atoms with Crippen LogP contribution in [-0.2, 0) is 12.6 Å². The van der Waals surface area contributed by atoms with Gasteiger partial charge in [0.05, 0.1) is 5.56 Å². The lowest BCUT2D eigenvalue weighted by Gasteiger charge is -2.12. The number of aromatic nitrogens is 2. The van der Waals surface area contributed by atoms with Gasteiger partial charge in [-0.15, -0.1) is 0 Å². The summed E-state index contributed by atoms with van der Waals surface area (Å²) < 4.78 is 39.3. The fourth-order valence-electron chi connectivity index (χ4n) is 1.91. The van der Waals surface area contributed by atoms with Crippen LogP contribution >= 0.6 is 11.8 Å². The predicted octanol–water partition coefficient (Wildman–Crippen LogP) is 4.03. The Kier molecular flexibility index (Phi) is 5.25. The average Bonchev–Trinajstić information content (AvgIpc) is 2.53. The van der Waals surface area contributed by atoms with Gasteiger partial charge in [0.1, 0.15) is 0 Å². The van der Waals surface area contributed by atoms with E-state index in [2.05, 4.69) is 15.3 Å². The number of rotatable bonds is 4. The molecule has 1 aromatic heterocycles. The first-order valence-electron chi connectivity index (χ1n) is 6.73. The molecule has 0 saturated heterocycles. The smallest absolute Gasteiger partial charge is 0.322 e. The van der Waals surface area contributed by atoms with E-state index in [0.29, 0.717) is 5.69 Å². The normalized spacial score (nSPS) is 11.3. The van der Waals surface area contributed by atoms with Gasteiger partial charge in [0.15, 0.2) is 10.9 Å². The van der Waals surface area contributed by atoms with Gasteiger partial charge in [-0.3, -0.25) is 4.79 Å². The average molecular weight is 341 g/mol. The molecule has 1 heterocycles. The van der Waals surface area contributed by atoms with Crippen LogP contribution in [0.2, 0.25) is 0 Å². The van der Waals surface area contributed by atoms with Crippen molar-refractivity contribution in [2.24, 2.45) is 0 Å². The number of halogens is 3. The molecule has 23 heavy (non-hydrogen) atoms. The highest BCUT2D eigenvalue weighted by Crippen LogP contribution is 2.31. The summed E-state index contributed by atoms with van der Waals surface area (Å²) in [6.45, 7) is 1.94. The number of carbonyl (C=O) groups is 1. The van der Waals surface area contributed by atoms with Crippen molar-refractivity contribution in [3.8, 4) is 0 Å². The van der Waals surface area contributed by atoms with E-state index in [4.69, 9.17) is 0 Å². The molecule has 0 spiro atoms. The van der Waals surface area contributed by atoms with Crippen molar-refractivity contribution < 1.29 is 18.0 Å². The number of hydrogen-bond donors (Lipinski definition) is 1. The first-order chi connectivity index (χ1) is 10.8. The number of alkyl halides is 3. The molecule has 0 unspecified atom stereocenters. The Hall–Kier alpha value is -2.09. The first-order valence-corrected chi connectivity index (χ1v) is 7.96. The highest BCUT2D eigenvalue weighted by atomic mass is 32.2. The van der Waals surface area contributed by atoms with Crippen molar-refractivity contribution in [2.45, 2.75) is 24.7 Å². The van der Waals surface area contributed by atoms with Crippen LogP contribution < -0.4 is 5.32 Å². The number of thioether (sulfide) groups is 1. The van der Waals surface area contributed by atoms with Gasteiger partial charge in [0.25, 0.3) is 5.91 Å². The molecule has 0 bridgehead atoms. The fourth-order valence-corrected chi connectivity index (χ4v) is 2.25. The van der Waals surface area contributed by atoms with Crippen LogP contribution in [0.4, 0.5) is 18.9 Å². The minimum atomic E-state index is -4.73. The van der Waals surface area contributed by atoms with Crippen molar-refractivity contribution in [1.29, 1.82) is 0 Å². The fraction of sp³-hybridized carbons (Fsp3) is 0.267. The molecule has 0 saturated carbocycles. The third-order valence-corrected chi connectivity index (χ3v) is 3.62. The topological polar surface area (TPSA) is 54.9 Å². The standard InChI is InChI=1S/C15H14F3N3OS/c1-3-9-5-4-6-10(7-9)20-13(22)11-8-19-14(23-2)21-12(11)15(16,17)18/h4-8H,3H2,1-2H3,(H,20,22). The zero-order valence-corrected chi connectivity index (χ0v) is 13.3. The van der Waals surface area contributed by atoms with E-state index in [1.54, 1.807) is 24.5 Å². The van der Waals surface area contributed by atoms with Crippen LogP contribution in [0.15, 0.2) is 35.6 Å². The number of amides is 1. The molecule has 0 atom stereocenters. The maximum absolute atomic E-state index is 13.1. The van der Waals surface area contributed by atoms with Gasteiger partial charge in [-0.25, -0.2) is 9.97 Å². The summed E-state index contributed by atoms with van der Waals surface area (Å²) in [7, 11) is 0. The van der Waals surface area contributed by atoms with Crippen LogP contribution in [0.5, 0.6) is 0 Å². The van der Waals surface area contributed by atoms with E-state index in [0.717, 1.165) is 29.9 Å². The van der Waals surface area contributed by atoms with Crippen molar-refractivity contribution >= 4 is 23.4 Å². The minimum Gasteiger partial charge on any atom is -0.322 e. The van der Waals surface area contributed by atoms with Crippen LogP contribution in [0, 0.1) is 0 Å². The van der Waals surface area contributed by atoms with Gasteiger partial charge in [-0.2, -0.15) is 13.2 Å². The largest absolute Gasteiger partial charge is 0.434 e. The molecule has 0 fully saturated rings. The number of nitrogens with one attached hydrogen (secondary N) is 1. The lowest BCUT2D eigenvalue weighted by molar-refractivity contribution is -0.142. The zero-order chi connectivity index (χ0) is 17.0. The van der Waals surface area contributed by atoms with Crippen LogP contribution in [0.1, 0.15) is 28.5 Å². The second-order valence-electron chi connectivity index (χ2n) is 4.62. The lowest BCUT2D eigenvalue weighted by atomic mass is 10.1. The van der Waals surface area contributed by atoms with E-state index in [1.807, 2.05) is 13.0 Å². The summed E-state index contributed by atoms with van der Waals surface area (Å²) in [5.74, 6) is -0.891. The maximum atomic E-state index is 13.1. The second kappa shape index (κ2) is 6.99. The monoisotopic (exact) mass is 341 g/mol. The minimum absolute atomic E-state index is 0.0399. The van der Waals surface area contributed by atoms with Crippen LogP contribution in [0.3, 0.4) is 0 Å². The van der Waals surface area contributed by atoms with Gasteiger partial charge in [0.2, 0.25) is 0 Å². The van der Waals surface area contributed by atoms with Gasteiger partial charge in [-0.05, 0) is 30.4 Å². The Morgan fingerprint density at radius 1 is 1.35 bits per heavy atom. The Balaban J connectivity index is 2.35. The Bertz CT molecular complexity index is 719. The summed E-state index contributed by atoms with van der Waals surface area (Å²) in [5.41, 5.74) is -0.442. The maximum Gasteiger partial charge on any atom is 0.434 e. The molecular formula is C15H14F3N3OS. The molecule has 0 aliphatic carbocycles. The Morgan fingerprint density at radius 3 is 2.70 bits per heavy atom. The molecule has 1 aromatic carbocycles. The molecule has 0 aliphatic heterocycles. The van der Waals surface area contributed by atoms with Gasteiger partial charge >= 0.3 is 6.18 Å². The Labute approximate surface area is 135 Å². The molecule has 122 valence electrons. The van der Waals surface area contributed by atoms with Gasteiger partial charge in [-0.1, -0.05) is 30.8 Å². The predicted molar refractivity (Wildman–Crippen MR) is 82.6 cm³/mol. The summed E-state index contributed by atoms with van der Waals surface area (Å²) in [6.07, 6.45) is -1.51. The molecule has 2 aromatic rings.